The van der Waals surface area contributed by atoms with Gasteiger partial charge in [0.1, 0.15) is 6.04 Å². The molecule has 1 fully saturated rings. The maximum Gasteiger partial charge on any atom is 0.238 e. The number of carbonyl (C=O) groups is 1. The first kappa shape index (κ1) is 38.1. The fourth-order valence-electron chi connectivity index (χ4n) is 6.17. The molecule has 0 saturated carbocycles. The summed E-state index contributed by atoms with van der Waals surface area (Å²) in [6.45, 7) is 8.34. The number of hydrogen-bond acceptors (Lipinski definition) is 6. The minimum atomic E-state index is -3.64. The molecule has 0 bridgehead atoms. The van der Waals surface area contributed by atoms with E-state index >= 15 is 4.39 Å². The Morgan fingerprint density at radius 3 is 2.38 bits per heavy atom. The Labute approximate surface area is 295 Å². The molecule has 48 heavy (non-hydrogen) atoms. The highest BCUT2D eigenvalue weighted by Gasteiger charge is 2.41. The molecule has 3 aromatic rings. The van der Waals surface area contributed by atoms with Crippen LogP contribution in [0.2, 0.25) is 10.0 Å². The van der Waals surface area contributed by atoms with Crippen LogP contribution in [0.25, 0.3) is 0 Å². The summed E-state index contributed by atoms with van der Waals surface area (Å²) in [5.41, 5.74) is 2.92. The first-order valence-electron chi connectivity index (χ1n) is 16.1. The van der Waals surface area contributed by atoms with Crippen molar-refractivity contribution < 1.29 is 22.3 Å². The molecule has 4 rings (SSSR count). The van der Waals surface area contributed by atoms with Gasteiger partial charge in [0, 0.05) is 54.4 Å². The van der Waals surface area contributed by atoms with Gasteiger partial charge in [-0.2, -0.15) is 4.31 Å². The molecule has 1 saturated heterocycles. The Balaban J connectivity index is 1.59. The zero-order valence-corrected chi connectivity index (χ0v) is 30.9. The number of likely N-dealkylation sites (N-methyl/N-ethyl adjacent to an activating group) is 1. The molecule has 1 aliphatic heterocycles. The van der Waals surface area contributed by atoms with Crippen molar-refractivity contribution >= 4 is 39.1 Å². The lowest BCUT2D eigenvalue weighted by Crippen LogP contribution is -2.44. The number of amides is 1. The van der Waals surface area contributed by atoms with Gasteiger partial charge in [-0.3, -0.25) is 9.69 Å². The van der Waals surface area contributed by atoms with E-state index in [0.29, 0.717) is 22.2 Å². The highest BCUT2D eigenvalue weighted by Crippen LogP contribution is 2.32. The third kappa shape index (κ3) is 10.4. The van der Waals surface area contributed by atoms with Crippen molar-refractivity contribution in [3.63, 3.8) is 0 Å². The Morgan fingerprint density at radius 1 is 1.04 bits per heavy atom. The molecule has 1 aliphatic rings. The maximum absolute atomic E-state index is 15.6. The molecule has 262 valence electrons. The monoisotopic (exact) mass is 720 g/mol. The van der Waals surface area contributed by atoms with Crippen molar-refractivity contribution in [2.24, 2.45) is 5.41 Å². The molecule has 0 aromatic heterocycles. The molecule has 3 aromatic carbocycles. The maximum atomic E-state index is 15.6. The number of hydrogen-bond donors (Lipinski definition) is 1. The Kier molecular flexibility index (Phi) is 12.9. The van der Waals surface area contributed by atoms with E-state index in [0.717, 1.165) is 29.7 Å². The van der Waals surface area contributed by atoms with Crippen molar-refractivity contribution in [3.8, 4) is 5.75 Å². The van der Waals surface area contributed by atoms with Gasteiger partial charge in [0.25, 0.3) is 0 Å². The molecule has 0 radical (unpaired) electrons. The molecular formula is C36H47Cl2FN4O4S. The lowest BCUT2D eigenvalue weighted by atomic mass is 9.87. The molecule has 1 unspecified atom stereocenters. The van der Waals surface area contributed by atoms with Gasteiger partial charge < -0.3 is 15.0 Å². The summed E-state index contributed by atoms with van der Waals surface area (Å²) in [5.74, 6) is -0.775. The van der Waals surface area contributed by atoms with Gasteiger partial charge in [0.15, 0.2) is 11.6 Å². The summed E-state index contributed by atoms with van der Waals surface area (Å²) in [6.07, 6.45) is 1.06. The second kappa shape index (κ2) is 16.3. The minimum absolute atomic E-state index is 0.00918. The van der Waals surface area contributed by atoms with Gasteiger partial charge >= 0.3 is 0 Å². The quantitative estimate of drug-likeness (QED) is 0.199. The van der Waals surface area contributed by atoms with Crippen LogP contribution in [0.5, 0.6) is 5.75 Å². The molecule has 1 N–H and O–H groups in total. The second-order valence-corrected chi connectivity index (χ2v) is 16.8. The van der Waals surface area contributed by atoms with Crippen molar-refractivity contribution in [2.45, 2.75) is 71.9 Å². The van der Waals surface area contributed by atoms with Crippen molar-refractivity contribution in [3.05, 3.63) is 98.8 Å². The Bertz CT molecular complexity index is 1670. The van der Waals surface area contributed by atoms with E-state index in [4.69, 9.17) is 27.9 Å². The van der Waals surface area contributed by atoms with Crippen LogP contribution in [0.1, 0.15) is 55.9 Å². The lowest BCUT2D eigenvalue weighted by molar-refractivity contribution is -0.124. The highest BCUT2D eigenvalue weighted by atomic mass is 35.5. The van der Waals surface area contributed by atoms with Crippen LogP contribution >= 0.6 is 23.2 Å². The highest BCUT2D eigenvalue weighted by molar-refractivity contribution is 7.89. The van der Waals surface area contributed by atoms with Gasteiger partial charge in [-0.05, 0) is 73.3 Å². The predicted molar refractivity (Wildman–Crippen MR) is 191 cm³/mol. The zero-order valence-electron chi connectivity index (χ0n) is 28.6. The first-order chi connectivity index (χ1) is 22.6. The van der Waals surface area contributed by atoms with Gasteiger partial charge in [-0.25, -0.2) is 12.8 Å². The number of nitrogens with zero attached hydrogens (tertiary/aromatic N) is 3. The number of benzene rings is 3. The second-order valence-electron chi connectivity index (χ2n) is 14.0. The number of carbonyl (C=O) groups excluding carboxylic acids is 1. The smallest absolute Gasteiger partial charge is 0.238 e. The van der Waals surface area contributed by atoms with Gasteiger partial charge in [0.05, 0.1) is 12.9 Å². The molecule has 1 amide bonds. The minimum Gasteiger partial charge on any atom is -0.494 e. The van der Waals surface area contributed by atoms with E-state index in [-0.39, 0.29) is 54.9 Å². The third-order valence-electron chi connectivity index (χ3n) is 8.42. The van der Waals surface area contributed by atoms with Crippen LogP contribution in [-0.4, -0.2) is 74.0 Å². The van der Waals surface area contributed by atoms with Gasteiger partial charge in [-0.15, -0.1) is 0 Å². The molecule has 8 nitrogen and oxygen atoms in total. The number of methoxy groups -OCH3 is 1. The Morgan fingerprint density at radius 2 is 1.73 bits per heavy atom. The fourth-order valence-corrected chi connectivity index (χ4v) is 8.19. The van der Waals surface area contributed by atoms with E-state index in [1.165, 1.54) is 17.5 Å². The number of rotatable bonds is 14. The summed E-state index contributed by atoms with van der Waals surface area (Å²) >= 11 is 12.5. The molecule has 0 spiro atoms. The third-order valence-corrected chi connectivity index (χ3v) is 10.9. The van der Waals surface area contributed by atoms with Crippen LogP contribution in [0.15, 0.2) is 60.7 Å². The van der Waals surface area contributed by atoms with E-state index in [1.807, 2.05) is 50.5 Å². The fraction of sp³-hybridized carbons (Fsp3) is 0.472. The molecular weight excluding hydrogens is 674 g/mol. The normalized spacial score (nSPS) is 17.2. The SMILES string of the molecule is COc1ccc(Cl)c(CN(Cc2cccc(CN3C(C(=O)NCc4ccc(Cl)cc4)CCS3(=O)=O)c2)[C@H](CN(C)C)CC(C)(C)C)c1F. The largest absolute Gasteiger partial charge is 0.494 e. The van der Waals surface area contributed by atoms with Crippen molar-refractivity contribution in [1.29, 1.82) is 0 Å². The van der Waals surface area contributed by atoms with Crippen LogP contribution in [0, 0.1) is 11.2 Å². The zero-order chi connectivity index (χ0) is 35.2. The summed E-state index contributed by atoms with van der Waals surface area (Å²) < 4.78 is 48.5. The van der Waals surface area contributed by atoms with Crippen LogP contribution in [0.3, 0.4) is 0 Å². The molecule has 0 aliphatic carbocycles. The standard InChI is InChI=1S/C36H47Cl2FN4O4S/c1-36(2,3)19-29(23-41(4)5)42(24-30-31(38)14-15-33(47-6)34(30)39)21-26-8-7-9-27(18-26)22-43-32(16-17-48(43,45)46)35(44)40-20-25-10-12-28(37)13-11-25/h7-15,18,29,32H,16-17,19-24H2,1-6H3,(H,40,44)/t29-,32?/m0/s1. The first-order valence-corrected chi connectivity index (χ1v) is 18.4. The van der Waals surface area contributed by atoms with Gasteiger partial charge in [0.2, 0.25) is 15.9 Å². The Hall–Kier alpha value is -2.73. The van der Waals surface area contributed by atoms with E-state index in [2.05, 4.69) is 35.9 Å². The van der Waals surface area contributed by atoms with E-state index < -0.39 is 21.9 Å². The van der Waals surface area contributed by atoms with Gasteiger partial charge in [-0.1, -0.05) is 80.4 Å². The van der Waals surface area contributed by atoms with E-state index in [1.54, 1.807) is 18.2 Å². The lowest BCUT2D eigenvalue weighted by Gasteiger charge is -2.38. The summed E-state index contributed by atoms with van der Waals surface area (Å²) in [5, 5.41) is 3.81. The van der Waals surface area contributed by atoms with E-state index in [9.17, 15) is 13.2 Å². The van der Waals surface area contributed by atoms with Crippen LogP contribution in [0.4, 0.5) is 4.39 Å². The number of sulfonamides is 1. The average molecular weight is 722 g/mol. The van der Waals surface area contributed by atoms with Crippen molar-refractivity contribution in [2.75, 3.05) is 33.5 Å². The molecule has 1 heterocycles. The summed E-state index contributed by atoms with van der Waals surface area (Å²) in [7, 11) is 1.84. The number of nitrogens with one attached hydrogen (secondary N) is 1. The summed E-state index contributed by atoms with van der Waals surface area (Å²) in [4.78, 5) is 17.6. The summed E-state index contributed by atoms with van der Waals surface area (Å²) in [6, 6.07) is 17.3. The van der Waals surface area contributed by atoms with Crippen molar-refractivity contribution in [1.82, 2.24) is 19.4 Å². The average Bonchev–Trinajstić information content (AvgIpc) is 3.30. The van der Waals surface area contributed by atoms with Crippen LogP contribution in [-0.2, 0) is 41.0 Å². The molecule has 12 heteroatoms. The topological polar surface area (TPSA) is 82.2 Å². The predicted octanol–water partition coefficient (Wildman–Crippen LogP) is 6.73. The van der Waals surface area contributed by atoms with Crippen LogP contribution < -0.4 is 10.1 Å². The number of ether oxygens (including phenoxy) is 1. The molecule has 2 atom stereocenters. The number of halogens is 3.